The summed E-state index contributed by atoms with van der Waals surface area (Å²) in [4.78, 5) is 13.5. The molecule has 1 aromatic rings. The second-order valence-electron chi connectivity index (χ2n) is 4.67. The summed E-state index contributed by atoms with van der Waals surface area (Å²) in [6.07, 6.45) is 1.83. The van der Waals surface area contributed by atoms with Gasteiger partial charge in [-0.2, -0.15) is 5.10 Å². The minimum absolute atomic E-state index is 0.00536. The van der Waals surface area contributed by atoms with E-state index in [-0.39, 0.29) is 18.6 Å². The third-order valence-corrected chi connectivity index (χ3v) is 3.06. The predicted molar refractivity (Wildman–Crippen MR) is 68.9 cm³/mol. The van der Waals surface area contributed by atoms with E-state index >= 15 is 0 Å². The number of rotatable bonds is 4. The quantitative estimate of drug-likeness (QED) is 0.805. The van der Waals surface area contributed by atoms with Crippen LogP contribution in [0.2, 0.25) is 0 Å². The average Bonchev–Trinajstić information content (AvgIpc) is 2.42. The smallest absolute Gasteiger partial charge is 0.248 e. The molecule has 0 saturated carbocycles. The van der Waals surface area contributed by atoms with Crippen molar-refractivity contribution in [2.75, 3.05) is 26.8 Å². The molecule has 0 aromatic carbocycles. The number of aryl methyl sites for hydroxylation is 1. The average molecular weight is 265 g/mol. The van der Waals surface area contributed by atoms with Crippen LogP contribution in [0.4, 0.5) is 0 Å². The van der Waals surface area contributed by atoms with Crippen LogP contribution in [0.3, 0.4) is 0 Å². The number of piperidine rings is 1. The Kier molecular flexibility index (Phi) is 4.68. The van der Waals surface area contributed by atoms with E-state index in [4.69, 9.17) is 9.47 Å². The molecule has 1 aliphatic rings. The molecule has 0 spiro atoms. The standard InChI is InChI=1S/C13H19N3O3/c1-10-5-6-12(15-14-10)19-11-4-3-7-16(8-11)13(17)9-18-2/h5-6,11H,3-4,7-9H2,1-2H3. The molecule has 19 heavy (non-hydrogen) atoms. The topological polar surface area (TPSA) is 64.5 Å². The van der Waals surface area contributed by atoms with E-state index < -0.39 is 0 Å². The van der Waals surface area contributed by atoms with E-state index in [2.05, 4.69) is 10.2 Å². The van der Waals surface area contributed by atoms with Crippen molar-refractivity contribution in [2.45, 2.75) is 25.9 Å². The molecular weight excluding hydrogens is 246 g/mol. The number of methoxy groups -OCH3 is 1. The van der Waals surface area contributed by atoms with Gasteiger partial charge < -0.3 is 14.4 Å². The van der Waals surface area contributed by atoms with Crippen molar-refractivity contribution in [3.05, 3.63) is 17.8 Å². The molecule has 1 aromatic heterocycles. The van der Waals surface area contributed by atoms with Gasteiger partial charge in [0.2, 0.25) is 11.8 Å². The number of nitrogens with zero attached hydrogens (tertiary/aromatic N) is 3. The van der Waals surface area contributed by atoms with Crippen LogP contribution in [0, 0.1) is 6.92 Å². The maximum Gasteiger partial charge on any atom is 0.248 e. The Bertz CT molecular complexity index is 422. The zero-order valence-corrected chi connectivity index (χ0v) is 11.3. The molecular formula is C13H19N3O3. The van der Waals surface area contributed by atoms with Gasteiger partial charge in [0.25, 0.3) is 0 Å². The molecule has 0 aliphatic carbocycles. The molecule has 1 unspecified atom stereocenters. The van der Waals surface area contributed by atoms with Crippen molar-refractivity contribution in [3.8, 4) is 5.88 Å². The Morgan fingerprint density at radius 3 is 3.00 bits per heavy atom. The lowest BCUT2D eigenvalue weighted by molar-refractivity contribution is -0.137. The fourth-order valence-electron chi connectivity index (χ4n) is 2.10. The van der Waals surface area contributed by atoms with Crippen LogP contribution in [-0.4, -0.2) is 53.9 Å². The Morgan fingerprint density at radius 1 is 1.47 bits per heavy atom. The highest BCUT2D eigenvalue weighted by Crippen LogP contribution is 2.16. The molecule has 104 valence electrons. The summed E-state index contributed by atoms with van der Waals surface area (Å²) in [5.41, 5.74) is 0.855. The lowest BCUT2D eigenvalue weighted by atomic mass is 10.1. The van der Waals surface area contributed by atoms with E-state index in [0.29, 0.717) is 12.4 Å². The first kappa shape index (κ1) is 13.7. The van der Waals surface area contributed by atoms with Crippen LogP contribution in [0.5, 0.6) is 5.88 Å². The minimum atomic E-state index is -0.0217. The first-order valence-electron chi connectivity index (χ1n) is 6.42. The van der Waals surface area contributed by atoms with Gasteiger partial charge in [-0.25, -0.2) is 0 Å². The second-order valence-corrected chi connectivity index (χ2v) is 4.67. The summed E-state index contributed by atoms with van der Waals surface area (Å²) in [5.74, 6) is 0.516. The summed E-state index contributed by atoms with van der Waals surface area (Å²) < 4.78 is 10.6. The zero-order chi connectivity index (χ0) is 13.7. The normalized spacial score (nSPS) is 19.3. The van der Waals surface area contributed by atoms with Gasteiger partial charge in [-0.1, -0.05) is 0 Å². The maximum atomic E-state index is 11.8. The number of amides is 1. The highest BCUT2D eigenvalue weighted by atomic mass is 16.5. The van der Waals surface area contributed by atoms with Gasteiger partial charge in [0.05, 0.1) is 12.2 Å². The van der Waals surface area contributed by atoms with Gasteiger partial charge in [-0.15, -0.1) is 5.10 Å². The number of hydrogen-bond acceptors (Lipinski definition) is 5. The fraction of sp³-hybridized carbons (Fsp3) is 0.615. The Hall–Kier alpha value is -1.69. The highest BCUT2D eigenvalue weighted by molar-refractivity contribution is 5.77. The Labute approximate surface area is 112 Å². The van der Waals surface area contributed by atoms with Gasteiger partial charge >= 0.3 is 0 Å². The first-order valence-corrected chi connectivity index (χ1v) is 6.42. The van der Waals surface area contributed by atoms with E-state index in [1.165, 1.54) is 7.11 Å². The number of aromatic nitrogens is 2. The minimum Gasteiger partial charge on any atom is -0.471 e. The lowest BCUT2D eigenvalue weighted by Crippen LogP contribution is -2.45. The third kappa shape index (κ3) is 3.89. The molecule has 0 radical (unpaired) electrons. The number of likely N-dealkylation sites (tertiary alicyclic amines) is 1. The third-order valence-electron chi connectivity index (χ3n) is 3.06. The molecule has 1 saturated heterocycles. The van der Waals surface area contributed by atoms with E-state index in [1.807, 2.05) is 13.0 Å². The molecule has 1 amide bonds. The summed E-state index contributed by atoms with van der Waals surface area (Å²) in [6, 6.07) is 3.66. The summed E-state index contributed by atoms with van der Waals surface area (Å²) in [6.45, 7) is 3.35. The second kappa shape index (κ2) is 6.47. The molecule has 6 heteroatoms. The van der Waals surface area contributed by atoms with Crippen LogP contribution in [0.25, 0.3) is 0 Å². The summed E-state index contributed by atoms with van der Waals surface area (Å²) in [7, 11) is 1.53. The van der Waals surface area contributed by atoms with Crippen molar-refractivity contribution < 1.29 is 14.3 Å². The van der Waals surface area contributed by atoms with Gasteiger partial charge in [0, 0.05) is 19.7 Å². The van der Waals surface area contributed by atoms with E-state index in [0.717, 1.165) is 25.1 Å². The van der Waals surface area contributed by atoms with Gasteiger partial charge in [-0.05, 0) is 25.8 Å². The van der Waals surface area contributed by atoms with Crippen LogP contribution in [0.1, 0.15) is 18.5 Å². The highest BCUT2D eigenvalue weighted by Gasteiger charge is 2.24. The SMILES string of the molecule is COCC(=O)N1CCCC(Oc2ccc(C)nn2)C1. The van der Waals surface area contributed by atoms with Crippen molar-refractivity contribution in [1.29, 1.82) is 0 Å². The van der Waals surface area contributed by atoms with Crippen molar-refractivity contribution in [1.82, 2.24) is 15.1 Å². The number of hydrogen-bond donors (Lipinski definition) is 0. The van der Waals surface area contributed by atoms with Crippen molar-refractivity contribution >= 4 is 5.91 Å². The van der Waals surface area contributed by atoms with Crippen LogP contribution < -0.4 is 4.74 Å². The summed E-state index contributed by atoms with van der Waals surface area (Å²) in [5, 5.41) is 7.93. The molecule has 2 heterocycles. The largest absolute Gasteiger partial charge is 0.471 e. The molecule has 2 rings (SSSR count). The molecule has 1 aliphatic heterocycles. The molecule has 1 fully saturated rings. The predicted octanol–water partition coefficient (Wildman–Crippen LogP) is 0.801. The maximum absolute atomic E-state index is 11.8. The van der Waals surface area contributed by atoms with Gasteiger partial charge in [0.1, 0.15) is 12.7 Å². The Morgan fingerprint density at radius 2 is 2.32 bits per heavy atom. The van der Waals surface area contributed by atoms with Crippen molar-refractivity contribution in [3.63, 3.8) is 0 Å². The number of carbonyl (C=O) groups excluding carboxylic acids is 1. The summed E-state index contributed by atoms with van der Waals surface area (Å²) >= 11 is 0. The van der Waals surface area contributed by atoms with Crippen LogP contribution in [0.15, 0.2) is 12.1 Å². The van der Waals surface area contributed by atoms with E-state index in [9.17, 15) is 4.79 Å². The number of carbonyl (C=O) groups is 1. The molecule has 0 N–H and O–H groups in total. The van der Waals surface area contributed by atoms with Gasteiger partial charge in [-0.3, -0.25) is 4.79 Å². The molecule has 0 bridgehead atoms. The lowest BCUT2D eigenvalue weighted by Gasteiger charge is -2.32. The molecule has 1 atom stereocenters. The van der Waals surface area contributed by atoms with Crippen LogP contribution in [-0.2, 0) is 9.53 Å². The van der Waals surface area contributed by atoms with E-state index in [1.54, 1.807) is 11.0 Å². The Balaban J connectivity index is 1.90. The first-order chi connectivity index (χ1) is 9.19. The van der Waals surface area contributed by atoms with Crippen molar-refractivity contribution in [2.24, 2.45) is 0 Å². The zero-order valence-electron chi connectivity index (χ0n) is 11.3. The fourth-order valence-corrected chi connectivity index (χ4v) is 2.10. The van der Waals surface area contributed by atoms with Gasteiger partial charge in [0.15, 0.2) is 0 Å². The monoisotopic (exact) mass is 265 g/mol. The number of ether oxygens (including phenoxy) is 2. The molecule has 6 nitrogen and oxygen atoms in total. The van der Waals surface area contributed by atoms with Crippen LogP contribution >= 0.6 is 0 Å².